The molecule has 1 N–H and O–H groups in total. The van der Waals surface area contributed by atoms with E-state index in [1.54, 1.807) is 0 Å². The van der Waals surface area contributed by atoms with Crippen molar-refractivity contribution in [1.29, 1.82) is 0 Å². The molecule has 0 bridgehead atoms. The Kier molecular flexibility index (Phi) is 4.40. The Hall–Kier alpha value is -1.53. The topological polar surface area (TPSA) is 36.1 Å². The minimum atomic E-state index is -0.901. The summed E-state index contributed by atoms with van der Waals surface area (Å²) in [5, 5.41) is 0. The molecule has 22 heavy (non-hydrogen) atoms. The summed E-state index contributed by atoms with van der Waals surface area (Å²) in [6.07, 6.45) is 2.39. The van der Waals surface area contributed by atoms with E-state index in [1.807, 2.05) is 0 Å². The third kappa shape index (κ3) is 3.28. The largest absolute Gasteiger partial charge is 0.312 e. The van der Waals surface area contributed by atoms with E-state index in [0.717, 1.165) is 47.9 Å². The van der Waals surface area contributed by atoms with Crippen LogP contribution in [0.3, 0.4) is 0 Å². The predicted octanol–water partition coefficient (Wildman–Crippen LogP) is 3.61. The number of aromatic nitrogens is 1. The number of nitrogens with one attached hydrogen (secondary N) is 1. The molecule has 0 amide bonds. The zero-order chi connectivity index (χ0) is 15.7. The summed E-state index contributed by atoms with van der Waals surface area (Å²) >= 11 is 1.15. The van der Waals surface area contributed by atoms with Gasteiger partial charge in [-0.2, -0.15) is 0 Å². The molecule has 1 aliphatic rings. The van der Waals surface area contributed by atoms with Crippen molar-refractivity contribution >= 4 is 11.3 Å². The molecule has 1 unspecified atom stereocenters. The highest BCUT2D eigenvalue weighted by molar-refractivity contribution is 7.09. The van der Waals surface area contributed by atoms with Crippen molar-refractivity contribution in [2.45, 2.75) is 26.3 Å². The third-order valence-corrected chi connectivity index (χ3v) is 4.91. The van der Waals surface area contributed by atoms with Crippen molar-refractivity contribution in [2.24, 2.45) is 5.92 Å². The van der Waals surface area contributed by atoms with Gasteiger partial charge in [0.2, 0.25) is 0 Å². The van der Waals surface area contributed by atoms with Gasteiger partial charge in [-0.3, -0.25) is 9.69 Å². The van der Waals surface area contributed by atoms with Crippen molar-refractivity contribution in [3.05, 3.63) is 44.4 Å². The summed E-state index contributed by atoms with van der Waals surface area (Å²) in [4.78, 5) is 17.5. The SMILES string of the molecule is CC1CCCN(Cc2sc(=O)[nH]c2-c2ccc(F)c(F)c2)C1. The molecule has 118 valence electrons. The second-order valence-corrected chi connectivity index (χ2v) is 6.99. The summed E-state index contributed by atoms with van der Waals surface area (Å²) in [7, 11) is 0. The number of halogens is 2. The van der Waals surface area contributed by atoms with Crippen LogP contribution in [0.5, 0.6) is 0 Å². The van der Waals surface area contributed by atoms with Gasteiger partial charge < -0.3 is 4.98 Å². The maximum atomic E-state index is 13.4. The van der Waals surface area contributed by atoms with E-state index in [2.05, 4.69) is 16.8 Å². The average Bonchev–Trinajstić information content (AvgIpc) is 2.82. The number of piperidine rings is 1. The molecule has 0 aliphatic carbocycles. The molecule has 1 aliphatic heterocycles. The van der Waals surface area contributed by atoms with Crippen LogP contribution in [0.25, 0.3) is 11.3 Å². The van der Waals surface area contributed by atoms with Crippen molar-refractivity contribution in [3.63, 3.8) is 0 Å². The van der Waals surface area contributed by atoms with Gasteiger partial charge in [-0.1, -0.05) is 18.3 Å². The van der Waals surface area contributed by atoms with Crippen LogP contribution in [0.4, 0.5) is 8.78 Å². The van der Waals surface area contributed by atoms with Crippen molar-refractivity contribution < 1.29 is 8.78 Å². The normalized spacial score (nSPS) is 19.5. The zero-order valence-electron chi connectivity index (χ0n) is 12.4. The Morgan fingerprint density at radius 3 is 2.91 bits per heavy atom. The highest BCUT2D eigenvalue weighted by Crippen LogP contribution is 2.27. The summed E-state index contributed by atoms with van der Waals surface area (Å²) in [5.41, 5.74) is 1.12. The number of hydrogen-bond acceptors (Lipinski definition) is 3. The van der Waals surface area contributed by atoms with E-state index in [0.29, 0.717) is 23.7 Å². The highest BCUT2D eigenvalue weighted by Gasteiger charge is 2.20. The number of H-pyrrole nitrogens is 1. The third-order valence-electron chi connectivity index (χ3n) is 4.04. The Bertz CT molecular complexity index is 725. The number of nitrogens with zero attached hydrogens (tertiary/aromatic N) is 1. The molecule has 0 spiro atoms. The molecule has 3 nitrogen and oxygen atoms in total. The van der Waals surface area contributed by atoms with E-state index < -0.39 is 11.6 Å². The van der Waals surface area contributed by atoms with Gasteiger partial charge in [0.05, 0.1) is 5.69 Å². The number of aromatic amines is 1. The number of thiazole rings is 1. The zero-order valence-corrected chi connectivity index (χ0v) is 13.2. The second kappa shape index (κ2) is 6.30. The smallest absolute Gasteiger partial charge is 0.305 e. The monoisotopic (exact) mass is 324 g/mol. The van der Waals surface area contributed by atoms with Gasteiger partial charge in [-0.05, 0) is 43.5 Å². The lowest BCUT2D eigenvalue weighted by atomic mass is 10.00. The Morgan fingerprint density at radius 2 is 2.18 bits per heavy atom. The molecule has 1 saturated heterocycles. The molecule has 1 aromatic carbocycles. The van der Waals surface area contributed by atoms with Crippen molar-refractivity contribution in [2.75, 3.05) is 13.1 Å². The molecular weight excluding hydrogens is 306 g/mol. The predicted molar refractivity (Wildman–Crippen MR) is 84.0 cm³/mol. The van der Waals surface area contributed by atoms with Gasteiger partial charge in [0.1, 0.15) is 0 Å². The first kappa shape index (κ1) is 15.4. The molecule has 2 aromatic rings. The van der Waals surface area contributed by atoms with Crippen LogP contribution >= 0.6 is 11.3 Å². The number of rotatable bonds is 3. The second-order valence-electron chi connectivity index (χ2n) is 5.92. The van der Waals surface area contributed by atoms with Gasteiger partial charge in [0, 0.05) is 23.5 Å². The summed E-state index contributed by atoms with van der Waals surface area (Å²) in [6.45, 7) is 4.90. The minimum absolute atomic E-state index is 0.167. The van der Waals surface area contributed by atoms with E-state index in [-0.39, 0.29) is 4.87 Å². The standard InChI is InChI=1S/C16H18F2N2OS/c1-10-3-2-6-20(8-10)9-14-15(19-16(21)22-14)11-4-5-12(17)13(18)7-11/h4-5,7,10H,2-3,6,8-9H2,1H3,(H,19,21). The average molecular weight is 324 g/mol. The number of likely N-dealkylation sites (tertiary alicyclic amines) is 1. The number of hydrogen-bond donors (Lipinski definition) is 1. The van der Waals surface area contributed by atoms with Crippen molar-refractivity contribution in [1.82, 2.24) is 9.88 Å². The maximum Gasteiger partial charge on any atom is 0.305 e. The summed E-state index contributed by atoms with van der Waals surface area (Å²) in [5.74, 6) is -1.13. The molecule has 1 aromatic heterocycles. The summed E-state index contributed by atoms with van der Waals surface area (Å²) in [6, 6.07) is 3.72. The maximum absolute atomic E-state index is 13.4. The molecule has 2 heterocycles. The van der Waals surface area contributed by atoms with Crippen LogP contribution in [0, 0.1) is 17.6 Å². The molecule has 0 saturated carbocycles. The van der Waals surface area contributed by atoms with E-state index in [4.69, 9.17) is 0 Å². The Balaban J connectivity index is 1.89. The van der Waals surface area contributed by atoms with Gasteiger partial charge >= 0.3 is 4.87 Å². The lowest BCUT2D eigenvalue weighted by molar-refractivity contribution is 0.178. The first-order valence-electron chi connectivity index (χ1n) is 7.42. The van der Waals surface area contributed by atoms with Gasteiger partial charge in [-0.25, -0.2) is 8.78 Å². The lowest BCUT2D eigenvalue weighted by Gasteiger charge is -2.30. The van der Waals surface area contributed by atoms with E-state index in [1.165, 1.54) is 12.5 Å². The molecule has 6 heteroatoms. The van der Waals surface area contributed by atoms with Crippen molar-refractivity contribution in [3.8, 4) is 11.3 Å². The Labute approximate surface area is 131 Å². The van der Waals surface area contributed by atoms with Crippen LogP contribution in [-0.4, -0.2) is 23.0 Å². The molecule has 1 atom stereocenters. The molecule has 0 radical (unpaired) electrons. The lowest BCUT2D eigenvalue weighted by Crippen LogP contribution is -2.33. The minimum Gasteiger partial charge on any atom is -0.312 e. The molecule has 3 rings (SSSR count). The molecular formula is C16H18F2N2OS. The van der Waals surface area contributed by atoms with Crippen LogP contribution in [0.2, 0.25) is 0 Å². The van der Waals surface area contributed by atoms with Crippen LogP contribution in [0.15, 0.2) is 23.0 Å². The van der Waals surface area contributed by atoms with Gasteiger partial charge in [0.15, 0.2) is 11.6 Å². The van der Waals surface area contributed by atoms with Gasteiger partial charge in [-0.15, -0.1) is 0 Å². The fourth-order valence-corrected chi connectivity index (χ4v) is 3.88. The van der Waals surface area contributed by atoms with Crippen LogP contribution in [0.1, 0.15) is 24.6 Å². The first-order chi connectivity index (χ1) is 10.5. The van der Waals surface area contributed by atoms with Crippen LogP contribution < -0.4 is 4.87 Å². The fourth-order valence-electron chi connectivity index (χ4n) is 2.99. The van der Waals surface area contributed by atoms with E-state index >= 15 is 0 Å². The van der Waals surface area contributed by atoms with Gasteiger partial charge in [0.25, 0.3) is 0 Å². The highest BCUT2D eigenvalue weighted by atomic mass is 32.1. The first-order valence-corrected chi connectivity index (χ1v) is 8.24. The quantitative estimate of drug-likeness (QED) is 0.936. The van der Waals surface area contributed by atoms with Crippen LogP contribution in [-0.2, 0) is 6.54 Å². The number of benzene rings is 1. The fraction of sp³-hybridized carbons (Fsp3) is 0.438. The molecule has 1 fully saturated rings. The van der Waals surface area contributed by atoms with E-state index in [9.17, 15) is 13.6 Å². The Morgan fingerprint density at radius 1 is 1.36 bits per heavy atom. The summed E-state index contributed by atoms with van der Waals surface area (Å²) < 4.78 is 26.5.